The molecule has 0 saturated heterocycles. The van der Waals surface area contributed by atoms with Crippen LogP contribution >= 0.6 is 0 Å². The lowest BCUT2D eigenvalue weighted by atomic mass is 9.86. The highest BCUT2D eigenvalue weighted by Crippen LogP contribution is 2.35. The first-order valence-electron chi connectivity index (χ1n) is 6.43. The van der Waals surface area contributed by atoms with Crippen LogP contribution in [0.1, 0.15) is 13.3 Å². The van der Waals surface area contributed by atoms with Crippen molar-refractivity contribution in [3.63, 3.8) is 0 Å². The summed E-state index contributed by atoms with van der Waals surface area (Å²) >= 11 is 0. The fourth-order valence-corrected chi connectivity index (χ4v) is 2.19. The molecule has 1 saturated carbocycles. The van der Waals surface area contributed by atoms with Gasteiger partial charge in [0.15, 0.2) is 11.5 Å². The molecule has 1 aromatic rings. The van der Waals surface area contributed by atoms with Crippen LogP contribution in [0.3, 0.4) is 0 Å². The van der Waals surface area contributed by atoms with E-state index in [1.165, 1.54) is 25.3 Å². The SMILES string of the molecule is CCOC1C(N)CC1Oc1cc([N+](=O)[O-])ccc1OC. The molecule has 110 valence electrons. The van der Waals surface area contributed by atoms with Crippen molar-refractivity contribution in [3.8, 4) is 11.5 Å². The summed E-state index contributed by atoms with van der Waals surface area (Å²) in [7, 11) is 1.49. The van der Waals surface area contributed by atoms with E-state index in [9.17, 15) is 10.1 Å². The van der Waals surface area contributed by atoms with Crippen LogP contribution in [0, 0.1) is 10.1 Å². The number of nitrogens with zero attached hydrogens (tertiary/aromatic N) is 1. The largest absolute Gasteiger partial charge is 0.493 e. The zero-order valence-electron chi connectivity index (χ0n) is 11.4. The molecule has 0 spiro atoms. The van der Waals surface area contributed by atoms with Crippen LogP contribution in [0.2, 0.25) is 0 Å². The molecule has 1 aliphatic rings. The first-order chi connectivity index (χ1) is 9.56. The summed E-state index contributed by atoms with van der Waals surface area (Å²) in [4.78, 5) is 10.3. The van der Waals surface area contributed by atoms with Crippen LogP contribution < -0.4 is 15.2 Å². The molecular formula is C13H18N2O5. The van der Waals surface area contributed by atoms with Crippen LogP contribution in [0.4, 0.5) is 5.69 Å². The molecule has 1 aromatic carbocycles. The first-order valence-corrected chi connectivity index (χ1v) is 6.43. The summed E-state index contributed by atoms with van der Waals surface area (Å²) in [6, 6.07) is 4.18. The van der Waals surface area contributed by atoms with Gasteiger partial charge in [-0.2, -0.15) is 0 Å². The summed E-state index contributed by atoms with van der Waals surface area (Å²) in [5.41, 5.74) is 5.81. The Balaban J connectivity index is 2.15. The summed E-state index contributed by atoms with van der Waals surface area (Å²) < 4.78 is 16.4. The fraction of sp³-hybridized carbons (Fsp3) is 0.538. The van der Waals surface area contributed by atoms with Crippen molar-refractivity contribution >= 4 is 5.69 Å². The zero-order chi connectivity index (χ0) is 14.7. The van der Waals surface area contributed by atoms with Crippen molar-refractivity contribution in [2.75, 3.05) is 13.7 Å². The molecule has 0 amide bonds. The Kier molecular flexibility index (Phi) is 4.41. The van der Waals surface area contributed by atoms with Crippen molar-refractivity contribution in [2.45, 2.75) is 31.6 Å². The Bertz CT molecular complexity index is 494. The number of benzene rings is 1. The van der Waals surface area contributed by atoms with E-state index in [0.29, 0.717) is 24.5 Å². The number of hydrogen-bond donors (Lipinski definition) is 1. The van der Waals surface area contributed by atoms with Crippen molar-refractivity contribution in [1.29, 1.82) is 0 Å². The van der Waals surface area contributed by atoms with E-state index in [0.717, 1.165) is 0 Å². The number of methoxy groups -OCH3 is 1. The van der Waals surface area contributed by atoms with E-state index in [4.69, 9.17) is 19.9 Å². The molecule has 7 nitrogen and oxygen atoms in total. The maximum absolute atomic E-state index is 10.8. The van der Waals surface area contributed by atoms with Crippen LogP contribution in [0.5, 0.6) is 11.5 Å². The maximum Gasteiger partial charge on any atom is 0.273 e. The molecular weight excluding hydrogens is 264 g/mol. The lowest BCUT2D eigenvalue weighted by Gasteiger charge is -2.41. The van der Waals surface area contributed by atoms with Gasteiger partial charge in [-0.25, -0.2) is 0 Å². The lowest BCUT2D eigenvalue weighted by molar-refractivity contribution is -0.385. The quantitative estimate of drug-likeness (QED) is 0.627. The topological polar surface area (TPSA) is 96.9 Å². The second kappa shape index (κ2) is 6.06. The van der Waals surface area contributed by atoms with E-state index < -0.39 is 4.92 Å². The number of non-ortho nitro benzene ring substituents is 1. The van der Waals surface area contributed by atoms with Crippen LogP contribution in [0.25, 0.3) is 0 Å². The number of hydrogen-bond acceptors (Lipinski definition) is 6. The van der Waals surface area contributed by atoms with Gasteiger partial charge >= 0.3 is 0 Å². The highest BCUT2D eigenvalue weighted by atomic mass is 16.6. The molecule has 0 heterocycles. The van der Waals surface area contributed by atoms with E-state index in [1.807, 2.05) is 6.92 Å². The predicted molar refractivity (Wildman–Crippen MR) is 72.1 cm³/mol. The van der Waals surface area contributed by atoms with Crippen molar-refractivity contribution in [2.24, 2.45) is 5.73 Å². The fourth-order valence-electron chi connectivity index (χ4n) is 2.19. The van der Waals surface area contributed by atoms with Gasteiger partial charge < -0.3 is 19.9 Å². The molecule has 7 heteroatoms. The third-order valence-electron chi connectivity index (χ3n) is 3.29. The standard InChI is InChI=1S/C13H18N2O5/c1-3-19-13-9(14)7-12(13)20-11-6-8(15(16)17)4-5-10(11)18-2/h4-6,9,12-13H,3,7,14H2,1-2H3. The average Bonchev–Trinajstić information content (AvgIpc) is 2.44. The monoisotopic (exact) mass is 282 g/mol. The molecule has 3 unspecified atom stereocenters. The van der Waals surface area contributed by atoms with Gasteiger partial charge in [-0.3, -0.25) is 10.1 Å². The number of rotatable bonds is 6. The van der Waals surface area contributed by atoms with Gasteiger partial charge in [-0.15, -0.1) is 0 Å². The molecule has 0 aromatic heterocycles. The third-order valence-corrected chi connectivity index (χ3v) is 3.29. The molecule has 0 bridgehead atoms. The molecule has 0 radical (unpaired) electrons. The summed E-state index contributed by atoms with van der Waals surface area (Å²) in [5, 5.41) is 10.8. The number of nitrogens with two attached hydrogens (primary N) is 1. The number of nitro benzene ring substituents is 1. The van der Waals surface area contributed by atoms with E-state index in [-0.39, 0.29) is 23.9 Å². The highest BCUT2D eigenvalue weighted by Gasteiger charge is 2.41. The lowest BCUT2D eigenvalue weighted by Crippen LogP contribution is -2.59. The Morgan fingerprint density at radius 2 is 2.20 bits per heavy atom. The first kappa shape index (κ1) is 14.5. The van der Waals surface area contributed by atoms with Gasteiger partial charge in [0.25, 0.3) is 5.69 Å². The minimum absolute atomic E-state index is 0.0441. The molecule has 3 atom stereocenters. The van der Waals surface area contributed by atoms with Crippen LogP contribution in [0.15, 0.2) is 18.2 Å². The molecule has 1 fully saturated rings. The van der Waals surface area contributed by atoms with Gasteiger partial charge in [-0.05, 0) is 13.0 Å². The minimum Gasteiger partial charge on any atom is -0.493 e. The zero-order valence-corrected chi connectivity index (χ0v) is 11.4. The molecule has 20 heavy (non-hydrogen) atoms. The Morgan fingerprint density at radius 3 is 2.75 bits per heavy atom. The van der Waals surface area contributed by atoms with Crippen molar-refractivity contribution < 1.29 is 19.1 Å². The normalized spacial score (nSPS) is 24.9. The van der Waals surface area contributed by atoms with Crippen molar-refractivity contribution in [3.05, 3.63) is 28.3 Å². The third kappa shape index (κ3) is 2.83. The molecule has 0 aliphatic heterocycles. The number of nitro groups is 1. The van der Waals surface area contributed by atoms with E-state index >= 15 is 0 Å². The van der Waals surface area contributed by atoms with Gasteiger partial charge in [0.05, 0.1) is 18.1 Å². The molecule has 2 N–H and O–H groups in total. The van der Waals surface area contributed by atoms with Gasteiger partial charge in [0.1, 0.15) is 12.2 Å². The second-order valence-corrected chi connectivity index (χ2v) is 4.57. The summed E-state index contributed by atoms with van der Waals surface area (Å²) in [5.74, 6) is 0.787. The van der Waals surface area contributed by atoms with E-state index in [1.54, 1.807) is 0 Å². The minimum atomic E-state index is -0.473. The van der Waals surface area contributed by atoms with Gasteiger partial charge in [0.2, 0.25) is 0 Å². The second-order valence-electron chi connectivity index (χ2n) is 4.57. The summed E-state index contributed by atoms with van der Waals surface area (Å²) in [6.45, 7) is 2.43. The van der Waals surface area contributed by atoms with Crippen molar-refractivity contribution in [1.82, 2.24) is 0 Å². The smallest absolute Gasteiger partial charge is 0.273 e. The molecule has 1 aliphatic carbocycles. The van der Waals surface area contributed by atoms with Crippen LogP contribution in [-0.2, 0) is 4.74 Å². The summed E-state index contributed by atoms with van der Waals surface area (Å²) in [6.07, 6.45) is 0.251. The molecule has 2 rings (SSSR count). The Hall–Kier alpha value is -1.86. The Morgan fingerprint density at radius 1 is 1.45 bits per heavy atom. The van der Waals surface area contributed by atoms with E-state index in [2.05, 4.69) is 0 Å². The van der Waals surface area contributed by atoms with Gasteiger partial charge in [-0.1, -0.05) is 0 Å². The van der Waals surface area contributed by atoms with Gasteiger partial charge in [0, 0.05) is 25.1 Å². The maximum atomic E-state index is 10.8. The highest BCUT2D eigenvalue weighted by molar-refractivity contribution is 5.48. The predicted octanol–water partition coefficient (Wildman–Crippen LogP) is 1.49. The average molecular weight is 282 g/mol. The van der Waals surface area contributed by atoms with Crippen LogP contribution in [-0.4, -0.2) is 36.9 Å². The number of ether oxygens (including phenoxy) is 3. The Labute approximate surface area is 116 Å².